The van der Waals surface area contributed by atoms with Crippen molar-refractivity contribution in [1.29, 1.82) is 0 Å². The minimum Gasteiger partial charge on any atom is -0.335 e. The van der Waals surface area contributed by atoms with E-state index in [1.54, 1.807) is 0 Å². The van der Waals surface area contributed by atoms with Gasteiger partial charge in [0.15, 0.2) is 0 Å². The third kappa shape index (κ3) is 4.83. The maximum atomic E-state index is 2.95. The molecule has 4 heterocycles. The molecule has 0 radical (unpaired) electrons. The largest absolute Gasteiger partial charge is 0.335 e. The fourth-order valence-corrected chi connectivity index (χ4v) is 14.7. The number of aryl methyl sites for hydroxylation is 3. The Balaban J connectivity index is 1.20. The van der Waals surface area contributed by atoms with Crippen LogP contribution in [0.25, 0.3) is 0 Å². The van der Waals surface area contributed by atoms with E-state index >= 15 is 0 Å². The third-order valence-electron chi connectivity index (χ3n) is 18.0. The number of rotatable bonds is 3. The van der Waals surface area contributed by atoms with Crippen molar-refractivity contribution in [3.63, 3.8) is 0 Å². The smallest absolute Gasteiger partial charge is 0.252 e. The maximum absolute atomic E-state index is 2.95. The van der Waals surface area contributed by atoms with Crippen LogP contribution in [0.2, 0.25) is 0 Å². The lowest BCUT2D eigenvalue weighted by atomic mass is 9.33. The fraction of sp³-hybridized carbons (Fsp3) is 0.311. The van der Waals surface area contributed by atoms with Gasteiger partial charge in [-0.05, 0) is 156 Å². The molecule has 2 aliphatic carbocycles. The number of para-hydroxylation sites is 1. The summed E-state index contributed by atoms with van der Waals surface area (Å²) in [5, 5.41) is 0. The van der Waals surface area contributed by atoms with E-state index in [4.69, 9.17) is 0 Å². The third-order valence-corrected chi connectivity index (χ3v) is 18.0. The molecular weight excluding hydrogens is 786 g/mol. The van der Waals surface area contributed by atoms with E-state index in [9.17, 15) is 0 Å². The van der Waals surface area contributed by atoms with Crippen LogP contribution in [0.5, 0.6) is 0 Å². The van der Waals surface area contributed by atoms with Gasteiger partial charge >= 0.3 is 0 Å². The first kappa shape index (κ1) is 39.4. The Morgan fingerprint density at radius 3 is 2.06 bits per heavy atom. The van der Waals surface area contributed by atoms with E-state index in [0.29, 0.717) is 0 Å². The Morgan fingerprint density at radius 2 is 1.26 bits per heavy atom. The average molecular weight is 846 g/mol. The molecule has 4 heteroatoms. The second kappa shape index (κ2) is 13.1. The van der Waals surface area contributed by atoms with Crippen LogP contribution >= 0.6 is 0 Å². The first-order valence-corrected chi connectivity index (χ1v) is 24.5. The Hall–Kier alpha value is -6.00. The predicted molar refractivity (Wildman–Crippen MR) is 275 cm³/mol. The highest BCUT2D eigenvalue weighted by Gasteiger charge is 2.65. The number of benzene rings is 7. The van der Waals surface area contributed by atoms with E-state index in [1.807, 2.05) is 0 Å². The number of fused-ring (bicyclic) bond motifs is 12. The van der Waals surface area contributed by atoms with Crippen molar-refractivity contribution in [2.45, 2.75) is 121 Å². The Labute approximate surface area is 387 Å². The van der Waals surface area contributed by atoms with Crippen molar-refractivity contribution in [2.75, 3.05) is 14.7 Å². The van der Waals surface area contributed by atoms with Crippen molar-refractivity contribution in [1.82, 2.24) is 0 Å². The van der Waals surface area contributed by atoms with Crippen LogP contribution in [0, 0.1) is 13.8 Å². The van der Waals surface area contributed by atoms with E-state index < -0.39 is 0 Å². The van der Waals surface area contributed by atoms with Crippen LogP contribution in [-0.4, -0.2) is 12.3 Å². The van der Waals surface area contributed by atoms with Gasteiger partial charge in [0.05, 0.1) is 11.1 Å². The van der Waals surface area contributed by atoms with Gasteiger partial charge in [-0.3, -0.25) is 0 Å². The highest BCUT2D eigenvalue weighted by atomic mass is 15.3. The van der Waals surface area contributed by atoms with Crippen molar-refractivity contribution >= 4 is 62.9 Å². The van der Waals surface area contributed by atoms with Crippen LogP contribution in [0.15, 0.2) is 146 Å². The molecule has 3 nitrogen and oxygen atoms in total. The lowest BCUT2D eigenvalue weighted by Gasteiger charge is -2.55. The predicted octanol–water partition coefficient (Wildman–Crippen LogP) is 13.3. The molecule has 0 saturated heterocycles. The van der Waals surface area contributed by atoms with E-state index in [1.165, 1.54) is 114 Å². The monoisotopic (exact) mass is 845 g/mol. The molecule has 1 fully saturated rings. The zero-order valence-corrected chi connectivity index (χ0v) is 39.5. The summed E-state index contributed by atoms with van der Waals surface area (Å²) < 4.78 is 0. The summed E-state index contributed by atoms with van der Waals surface area (Å²) in [4.78, 5) is 8.39. The average Bonchev–Trinajstić information content (AvgIpc) is 3.67. The molecule has 4 aliphatic heterocycles. The Kier molecular flexibility index (Phi) is 7.93. The van der Waals surface area contributed by atoms with Gasteiger partial charge in [-0.25, -0.2) is 0 Å². The summed E-state index contributed by atoms with van der Waals surface area (Å²) >= 11 is 0. The second-order valence-corrected chi connectivity index (χ2v) is 22.3. The van der Waals surface area contributed by atoms with E-state index in [-0.39, 0.29) is 34.0 Å². The molecule has 65 heavy (non-hydrogen) atoms. The van der Waals surface area contributed by atoms with E-state index in [0.717, 1.165) is 25.7 Å². The molecule has 1 saturated carbocycles. The molecule has 0 bridgehead atoms. The van der Waals surface area contributed by atoms with Gasteiger partial charge in [0.1, 0.15) is 0 Å². The van der Waals surface area contributed by atoms with Crippen LogP contribution in [-0.2, 0) is 28.2 Å². The van der Waals surface area contributed by atoms with Gasteiger partial charge < -0.3 is 14.7 Å². The zero-order valence-electron chi connectivity index (χ0n) is 39.5. The molecule has 7 aromatic rings. The van der Waals surface area contributed by atoms with Crippen LogP contribution in [0.3, 0.4) is 0 Å². The Bertz CT molecular complexity index is 3160. The standard InChI is InChI=1S/C61H60BN3/c1-39-19-18-23-44(33-39)63-52-34-40(2)27-28-49(52)62-50-36-43(57(3,4)5)35-48-56(50)65(59(7)30-16-17-31-61(48,59)42-21-10-9-11-22-42)54-38-45(37-53(63)55(54)62)64-51-26-15-14-25-47(51)58(6)32-29-41-20-12-13-24-46(41)60(58,64)8/h9-15,18-28,33-38H,16-17,29-32H2,1-8H3. The first-order valence-electron chi connectivity index (χ1n) is 24.5. The number of nitrogens with zero attached hydrogens (tertiary/aromatic N) is 3. The minimum atomic E-state index is -0.323. The van der Waals surface area contributed by atoms with Gasteiger partial charge in [0.25, 0.3) is 6.71 Å². The molecule has 0 aromatic heterocycles. The number of anilines is 7. The van der Waals surface area contributed by atoms with Crippen LogP contribution < -0.4 is 31.1 Å². The molecule has 4 unspecified atom stereocenters. The maximum Gasteiger partial charge on any atom is 0.252 e. The highest BCUT2D eigenvalue weighted by Crippen LogP contribution is 2.67. The summed E-state index contributed by atoms with van der Waals surface area (Å²) in [6.07, 6.45) is 6.88. The molecule has 7 aromatic carbocycles. The van der Waals surface area contributed by atoms with Crippen molar-refractivity contribution in [3.8, 4) is 0 Å². The summed E-state index contributed by atoms with van der Waals surface area (Å²) in [5.74, 6) is 0. The van der Waals surface area contributed by atoms with Gasteiger partial charge in [-0.1, -0.05) is 150 Å². The first-order chi connectivity index (χ1) is 31.3. The molecular formula is C61H60BN3. The second-order valence-electron chi connectivity index (χ2n) is 22.3. The molecule has 0 spiro atoms. The Morgan fingerprint density at radius 1 is 0.538 bits per heavy atom. The summed E-state index contributed by atoms with van der Waals surface area (Å²) in [6.45, 7) is 19.6. The normalized spacial score (nSPS) is 25.3. The summed E-state index contributed by atoms with van der Waals surface area (Å²) in [5.41, 5.74) is 24.1. The molecule has 13 rings (SSSR count). The van der Waals surface area contributed by atoms with Crippen LogP contribution in [0.4, 0.5) is 39.8 Å². The fourth-order valence-electron chi connectivity index (χ4n) is 14.7. The van der Waals surface area contributed by atoms with Gasteiger partial charge in [-0.2, -0.15) is 0 Å². The lowest BCUT2D eigenvalue weighted by Crippen LogP contribution is -2.65. The minimum absolute atomic E-state index is 0.0330. The quantitative estimate of drug-likeness (QED) is 0.164. The van der Waals surface area contributed by atoms with Crippen molar-refractivity contribution in [2.24, 2.45) is 0 Å². The van der Waals surface area contributed by atoms with E-state index in [2.05, 4.69) is 216 Å². The lowest BCUT2D eigenvalue weighted by molar-refractivity contribution is 0.215. The van der Waals surface area contributed by atoms with Gasteiger partial charge in [0.2, 0.25) is 0 Å². The number of hydrogen-bond acceptors (Lipinski definition) is 3. The number of hydrogen-bond donors (Lipinski definition) is 0. The molecule has 0 amide bonds. The molecule has 0 N–H and O–H groups in total. The topological polar surface area (TPSA) is 9.72 Å². The summed E-state index contributed by atoms with van der Waals surface area (Å²) in [7, 11) is 0. The molecule has 4 atom stereocenters. The van der Waals surface area contributed by atoms with Crippen LogP contribution in [0.1, 0.15) is 118 Å². The summed E-state index contributed by atoms with van der Waals surface area (Å²) in [6, 6.07) is 57.6. The SMILES string of the molecule is Cc1cccc(N2c3cc(C)ccc3B3c4cc(C(C)(C)C)cc5c4N(c4cc(N6c7ccccc7C7(C)CCc8ccccc8C67C)cc2c43)C2(C)CCCCC52c2ccccc2)c1. The van der Waals surface area contributed by atoms with Gasteiger partial charge in [0, 0.05) is 50.6 Å². The molecule has 322 valence electrons. The van der Waals surface area contributed by atoms with Crippen molar-refractivity contribution < 1.29 is 0 Å². The van der Waals surface area contributed by atoms with Gasteiger partial charge in [-0.15, -0.1) is 0 Å². The zero-order chi connectivity index (χ0) is 44.4. The van der Waals surface area contributed by atoms with Crippen molar-refractivity contribution in [3.05, 3.63) is 190 Å². The highest BCUT2D eigenvalue weighted by molar-refractivity contribution is 7.00. The molecule has 6 aliphatic rings.